The number of nitrogens with one attached hydrogen (secondary N) is 1. The molecule has 20 heavy (non-hydrogen) atoms. The van der Waals surface area contributed by atoms with Crippen LogP contribution in [0.4, 0.5) is 15.8 Å². The van der Waals surface area contributed by atoms with E-state index in [2.05, 4.69) is 5.32 Å². The molecule has 0 unspecified atom stereocenters. The summed E-state index contributed by atoms with van der Waals surface area (Å²) in [7, 11) is 0. The second-order valence-corrected chi connectivity index (χ2v) is 5.59. The van der Waals surface area contributed by atoms with Gasteiger partial charge in [0.25, 0.3) is 5.69 Å². The highest BCUT2D eigenvalue weighted by atomic mass is 127. The summed E-state index contributed by atoms with van der Waals surface area (Å²) in [5.41, 5.74) is 1.64. The van der Waals surface area contributed by atoms with Crippen molar-refractivity contribution in [3.8, 4) is 0 Å². The Morgan fingerprint density at radius 2 is 2.05 bits per heavy atom. The first kappa shape index (κ1) is 15.0. The van der Waals surface area contributed by atoms with Gasteiger partial charge in [0.2, 0.25) is 0 Å². The quantitative estimate of drug-likeness (QED) is 0.458. The average Bonchev–Trinajstić information content (AvgIpc) is 2.40. The van der Waals surface area contributed by atoms with E-state index in [1.165, 1.54) is 12.1 Å². The Morgan fingerprint density at radius 1 is 1.30 bits per heavy atom. The third-order valence-corrected chi connectivity index (χ3v) is 3.78. The van der Waals surface area contributed by atoms with Crippen molar-refractivity contribution < 1.29 is 9.31 Å². The molecule has 2 aromatic carbocycles. The summed E-state index contributed by atoms with van der Waals surface area (Å²) in [4.78, 5) is 10.3. The molecule has 0 atom stereocenters. The average molecular weight is 407 g/mol. The standard InChI is InChI=1S/C13H9ClFIN2O2/c14-10-5-8(1-3-11(10)15)7-17-9-2-4-13(18(19)20)12(16)6-9/h1-6,17H,7H2. The van der Waals surface area contributed by atoms with Gasteiger partial charge >= 0.3 is 0 Å². The summed E-state index contributed by atoms with van der Waals surface area (Å²) >= 11 is 7.61. The van der Waals surface area contributed by atoms with Gasteiger partial charge in [-0.2, -0.15) is 0 Å². The Labute approximate surface area is 133 Å². The van der Waals surface area contributed by atoms with Gasteiger partial charge in [-0.15, -0.1) is 0 Å². The van der Waals surface area contributed by atoms with Gasteiger partial charge in [0.15, 0.2) is 0 Å². The maximum absolute atomic E-state index is 13.0. The molecular weight excluding hydrogens is 398 g/mol. The molecule has 0 heterocycles. The summed E-state index contributed by atoms with van der Waals surface area (Å²) in [6.45, 7) is 0.452. The van der Waals surface area contributed by atoms with E-state index >= 15 is 0 Å². The topological polar surface area (TPSA) is 55.2 Å². The molecule has 104 valence electrons. The molecule has 4 nitrogen and oxygen atoms in total. The molecule has 0 spiro atoms. The zero-order valence-electron chi connectivity index (χ0n) is 10.1. The number of hydrogen-bond acceptors (Lipinski definition) is 3. The zero-order chi connectivity index (χ0) is 14.7. The molecule has 0 bridgehead atoms. The number of halogens is 3. The highest BCUT2D eigenvalue weighted by molar-refractivity contribution is 14.1. The summed E-state index contributed by atoms with van der Waals surface area (Å²) in [6, 6.07) is 9.24. The first-order chi connectivity index (χ1) is 9.47. The van der Waals surface area contributed by atoms with Crippen molar-refractivity contribution in [2.75, 3.05) is 5.32 Å². The maximum Gasteiger partial charge on any atom is 0.282 e. The summed E-state index contributed by atoms with van der Waals surface area (Å²) in [5.74, 6) is -0.458. The van der Waals surface area contributed by atoms with Crippen molar-refractivity contribution >= 4 is 45.6 Å². The lowest BCUT2D eigenvalue weighted by Gasteiger charge is -2.08. The molecule has 7 heteroatoms. The van der Waals surface area contributed by atoms with Crippen molar-refractivity contribution in [2.24, 2.45) is 0 Å². The van der Waals surface area contributed by atoms with Gasteiger partial charge in [-0.05, 0) is 52.4 Å². The van der Waals surface area contributed by atoms with Gasteiger partial charge in [-0.25, -0.2) is 4.39 Å². The van der Waals surface area contributed by atoms with E-state index in [4.69, 9.17) is 11.6 Å². The number of nitro benzene ring substituents is 1. The van der Waals surface area contributed by atoms with Crippen molar-refractivity contribution in [2.45, 2.75) is 6.54 Å². The molecule has 0 radical (unpaired) electrons. The van der Waals surface area contributed by atoms with E-state index in [0.29, 0.717) is 10.1 Å². The number of nitrogens with zero attached hydrogens (tertiary/aromatic N) is 1. The van der Waals surface area contributed by atoms with E-state index in [-0.39, 0.29) is 10.7 Å². The number of nitro groups is 1. The fourth-order valence-electron chi connectivity index (χ4n) is 1.62. The van der Waals surface area contributed by atoms with Crippen LogP contribution in [0.25, 0.3) is 0 Å². The number of hydrogen-bond donors (Lipinski definition) is 1. The molecule has 2 aromatic rings. The summed E-state index contributed by atoms with van der Waals surface area (Å²) in [6.07, 6.45) is 0. The van der Waals surface area contributed by atoms with Crippen LogP contribution in [0.15, 0.2) is 36.4 Å². The van der Waals surface area contributed by atoms with Gasteiger partial charge in [0, 0.05) is 18.3 Å². The Kier molecular flexibility index (Phi) is 4.77. The first-order valence-electron chi connectivity index (χ1n) is 5.59. The molecule has 0 saturated carbocycles. The fourth-order valence-corrected chi connectivity index (χ4v) is 2.53. The van der Waals surface area contributed by atoms with Gasteiger partial charge in [-0.1, -0.05) is 17.7 Å². The minimum Gasteiger partial charge on any atom is -0.381 e. The molecule has 0 aliphatic rings. The van der Waals surface area contributed by atoms with Crippen LogP contribution in [0.1, 0.15) is 5.56 Å². The second-order valence-electron chi connectivity index (χ2n) is 4.03. The Hall–Kier alpha value is -1.41. The van der Waals surface area contributed by atoms with Crippen LogP contribution in [0.2, 0.25) is 5.02 Å². The van der Waals surface area contributed by atoms with Gasteiger partial charge < -0.3 is 5.32 Å². The van der Waals surface area contributed by atoms with Crippen molar-refractivity contribution in [1.82, 2.24) is 0 Å². The number of rotatable bonds is 4. The Morgan fingerprint density at radius 3 is 2.65 bits per heavy atom. The predicted molar refractivity (Wildman–Crippen MR) is 84.6 cm³/mol. The van der Waals surface area contributed by atoms with Crippen LogP contribution >= 0.6 is 34.2 Å². The second kappa shape index (κ2) is 6.36. The molecule has 0 amide bonds. The summed E-state index contributed by atoms with van der Waals surface area (Å²) < 4.78 is 13.6. The van der Waals surface area contributed by atoms with Crippen LogP contribution in [0.5, 0.6) is 0 Å². The monoisotopic (exact) mass is 406 g/mol. The zero-order valence-corrected chi connectivity index (χ0v) is 13.0. The highest BCUT2D eigenvalue weighted by Crippen LogP contribution is 2.24. The van der Waals surface area contributed by atoms with E-state index in [1.807, 2.05) is 22.6 Å². The Bertz CT molecular complexity index is 667. The molecule has 0 aliphatic carbocycles. The van der Waals surface area contributed by atoms with E-state index in [0.717, 1.165) is 11.3 Å². The van der Waals surface area contributed by atoms with Crippen molar-refractivity contribution in [3.63, 3.8) is 0 Å². The minimum atomic E-state index is -0.458. The molecule has 0 aliphatic heterocycles. The fraction of sp³-hybridized carbons (Fsp3) is 0.0769. The molecule has 1 N–H and O–H groups in total. The third-order valence-electron chi connectivity index (χ3n) is 2.63. The van der Waals surface area contributed by atoms with E-state index < -0.39 is 10.7 Å². The normalized spacial score (nSPS) is 10.3. The number of benzene rings is 2. The van der Waals surface area contributed by atoms with Crippen LogP contribution in [0, 0.1) is 19.5 Å². The third kappa shape index (κ3) is 3.57. The van der Waals surface area contributed by atoms with Crippen LogP contribution in [-0.4, -0.2) is 4.92 Å². The minimum absolute atomic E-state index is 0.0703. The molecule has 0 fully saturated rings. The summed E-state index contributed by atoms with van der Waals surface area (Å²) in [5, 5.41) is 13.9. The van der Waals surface area contributed by atoms with Gasteiger partial charge in [0.1, 0.15) is 5.82 Å². The van der Waals surface area contributed by atoms with Gasteiger partial charge in [0.05, 0.1) is 13.5 Å². The smallest absolute Gasteiger partial charge is 0.282 e. The molecule has 0 saturated heterocycles. The van der Waals surface area contributed by atoms with Crippen LogP contribution in [-0.2, 0) is 6.54 Å². The van der Waals surface area contributed by atoms with E-state index in [1.54, 1.807) is 24.3 Å². The van der Waals surface area contributed by atoms with Crippen molar-refractivity contribution in [1.29, 1.82) is 0 Å². The first-order valence-corrected chi connectivity index (χ1v) is 7.05. The molecule has 2 rings (SSSR count). The van der Waals surface area contributed by atoms with Gasteiger partial charge in [-0.3, -0.25) is 10.1 Å². The maximum atomic E-state index is 13.0. The predicted octanol–water partition coefficient (Wildman–Crippen LogP) is 4.60. The highest BCUT2D eigenvalue weighted by Gasteiger charge is 2.11. The van der Waals surface area contributed by atoms with E-state index in [9.17, 15) is 14.5 Å². The molecule has 0 aromatic heterocycles. The SMILES string of the molecule is O=[N+]([O-])c1ccc(NCc2ccc(F)c(Cl)c2)cc1I. The largest absolute Gasteiger partial charge is 0.381 e. The lowest BCUT2D eigenvalue weighted by molar-refractivity contribution is -0.385. The Balaban J connectivity index is 2.09. The number of anilines is 1. The van der Waals surface area contributed by atoms with Crippen LogP contribution < -0.4 is 5.32 Å². The van der Waals surface area contributed by atoms with Crippen molar-refractivity contribution in [3.05, 3.63) is 66.5 Å². The lowest BCUT2D eigenvalue weighted by Crippen LogP contribution is -2.01. The molecular formula is C13H9ClFIN2O2. The lowest BCUT2D eigenvalue weighted by atomic mass is 10.2. The van der Waals surface area contributed by atoms with Crippen LogP contribution in [0.3, 0.4) is 0 Å².